The maximum absolute atomic E-state index is 12.7. The zero-order valence-electron chi connectivity index (χ0n) is 12.3. The van der Waals surface area contributed by atoms with Crippen LogP contribution in [0.3, 0.4) is 0 Å². The van der Waals surface area contributed by atoms with E-state index < -0.39 is 17.8 Å². The second-order valence-corrected chi connectivity index (χ2v) is 5.37. The fourth-order valence-electron chi connectivity index (χ4n) is 2.39. The average molecular weight is 338 g/mol. The molecule has 24 heavy (non-hydrogen) atoms. The van der Waals surface area contributed by atoms with E-state index in [0.717, 1.165) is 12.1 Å². The first-order chi connectivity index (χ1) is 11.3. The van der Waals surface area contributed by atoms with E-state index in [1.807, 2.05) is 0 Å². The van der Waals surface area contributed by atoms with Gasteiger partial charge in [0, 0.05) is 6.42 Å². The number of nitrogens with one attached hydrogen (secondary N) is 2. The first-order valence-electron chi connectivity index (χ1n) is 7.15. The van der Waals surface area contributed by atoms with Crippen LogP contribution in [0, 0.1) is 0 Å². The van der Waals surface area contributed by atoms with E-state index in [1.54, 1.807) is 0 Å². The lowest BCUT2D eigenvalue weighted by molar-refractivity contribution is -0.137. The van der Waals surface area contributed by atoms with E-state index in [-0.39, 0.29) is 17.5 Å². The lowest BCUT2D eigenvalue weighted by atomic mass is 10.2. The Morgan fingerprint density at radius 2 is 2.17 bits per heavy atom. The number of aromatic nitrogens is 2. The summed E-state index contributed by atoms with van der Waals surface area (Å²) in [5, 5.41) is 9.06. The Morgan fingerprint density at radius 3 is 2.83 bits per heavy atom. The molecule has 1 fully saturated rings. The molecule has 9 heteroatoms. The normalized spacial score (nSPS) is 17.6. The molecule has 126 valence electrons. The van der Waals surface area contributed by atoms with Gasteiger partial charge in [-0.3, -0.25) is 9.59 Å². The van der Waals surface area contributed by atoms with Crippen molar-refractivity contribution >= 4 is 17.5 Å². The molecule has 0 bridgehead atoms. The van der Waals surface area contributed by atoms with Crippen LogP contribution in [0.2, 0.25) is 0 Å². The van der Waals surface area contributed by atoms with Gasteiger partial charge in [-0.15, -0.1) is 0 Å². The van der Waals surface area contributed by atoms with E-state index in [2.05, 4.69) is 15.7 Å². The van der Waals surface area contributed by atoms with Crippen LogP contribution in [0.15, 0.2) is 36.7 Å². The molecule has 0 radical (unpaired) electrons. The zero-order valence-corrected chi connectivity index (χ0v) is 12.3. The van der Waals surface area contributed by atoms with Crippen LogP contribution in [-0.2, 0) is 15.8 Å². The smallest absolute Gasteiger partial charge is 0.344 e. The third kappa shape index (κ3) is 3.39. The number of carbonyl (C=O) groups excluding carboxylic acids is 2. The summed E-state index contributed by atoms with van der Waals surface area (Å²) < 4.78 is 39.5. The van der Waals surface area contributed by atoms with E-state index in [4.69, 9.17) is 0 Å². The highest BCUT2D eigenvalue weighted by Crippen LogP contribution is 2.30. The van der Waals surface area contributed by atoms with Gasteiger partial charge in [-0.25, -0.2) is 4.68 Å². The van der Waals surface area contributed by atoms with Crippen LogP contribution in [0.25, 0.3) is 5.69 Å². The van der Waals surface area contributed by atoms with Gasteiger partial charge in [0.2, 0.25) is 11.8 Å². The molecule has 1 aromatic carbocycles. The largest absolute Gasteiger partial charge is 0.416 e. The quantitative estimate of drug-likeness (QED) is 0.900. The summed E-state index contributed by atoms with van der Waals surface area (Å²) in [4.78, 5) is 23.1. The molecule has 1 saturated heterocycles. The van der Waals surface area contributed by atoms with Gasteiger partial charge in [-0.05, 0) is 24.6 Å². The number of amides is 2. The van der Waals surface area contributed by atoms with Crippen molar-refractivity contribution in [3.05, 3.63) is 42.2 Å². The van der Waals surface area contributed by atoms with Crippen LogP contribution in [0.4, 0.5) is 18.9 Å². The van der Waals surface area contributed by atoms with Gasteiger partial charge < -0.3 is 10.6 Å². The summed E-state index contributed by atoms with van der Waals surface area (Å²) in [6.07, 6.45) is -1.01. The van der Waals surface area contributed by atoms with Crippen molar-refractivity contribution in [1.82, 2.24) is 15.1 Å². The van der Waals surface area contributed by atoms with Gasteiger partial charge in [-0.2, -0.15) is 18.3 Å². The standard InChI is InChI=1S/C15H13F3N4O2/c16-15(17,18)9-2-1-3-11(6-9)22-8-10(7-19-22)20-14(24)12-4-5-13(23)21-12/h1-3,6-8,12H,4-5H2,(H,20,24)(H,21,23)/t12-/m1/s1. The van der Waals surface area contributed by atoms with Crippen molar-refractivity contribution < 1.29 is 22.8 Å². The van der Waals surface area contributed by atoms with Crippen LogP contribution in [0.1, 0.15) is 18.4 Å². The van der Waals surface area contributed by atoms with Crippen molar-refractivity contribution in [3.8, 4) is 5.69 Å². The zero-order chi connectivity index (χ0) is 17.3. The molecule has 6 nitrogen and oxygen atoms in total. The van der Waals surface area contributed by atoms with Crippen LogP contribution < -0.4 is 10.6 Å². The van der Waals surface area contributed by atoms with Crippen LogP contribution >= 0.6 is 0 Å². The number of rotatable bonds is 3. The SMILES string of the molecule is O=C1CC[C@H](C(=O)Nc2cnn(-c3cccc(C(F)(F)F)c3)c2)N1. The highest BCUT2D eigenvalue weighted by molar-refractivity contribution is 5.98. The number of halogens is 3. The number of hydrogen-bond acceptors (Lipinski definition) is 3. The molecular formula is C15H13F3N4O2. The van der Waals surface area contributed by atoms with E-state index >= 15 is 0 Å². The molecule has 3 rings (SSSR count). The first-order valence-corrected chi connectivity index (χ1v) is 7.15. The summed E-state index contributed by atoms with van der Waals surface area (Å²) in [5.74, 6) is -0.570. The number of alkyl halides is 3. The Balaban J connectivity index is 1.74. The molecule has 2 heterocycles. The number of benzene rings is 1. The molecule has 2 N–H and O–H groups in total. The molecule has 2 amide bonds. The van der Waals surface area contributed by atoms with Crippen LogP contribution in [0.5, 0.6) is 0 Å². The van der Waals surface area contributed by atoms with Crippen molar-refractivity contribution in [2.75, 3.05) is 5.32 Å². The molecule has 0 aliphatic carbocycles. The second-order valence-electron chi connectivity index (χ2n) is 5.37. The van der Waals surface area contributed by atoms with E-state index in [9.17, 15) is 22.8 Å². The molecular weight excluding hydrogens is 325 g/mol. The fraction of sp³-hybridized carbons (Fsp3) is 0.267. The Kier molecular flexibility index (Phi) is 4.00. The minimum Gasteiger partial charge on any atom is -0.344 e. The number of nitrogens with zero attached hydrogens (tertiary/aromatic N) is 2. The summed E-state index contributed by atoms with van der Waals surface area (Å²) in [6, 6.07) is 4.10. The van der Waals surface area contributed by atoms with E-state index in [1.165, 1.54) is 29.2 Å². The molecule has 1 aliphatic heterocycles. The van der Waals surface area contributed by atoms with Crippen molar-refractivity contribution in [1.29, 1.82) is 0 Å². The highest BCUT2D eigenvalue weighted by atomic mass is 19.4. The van der Waals surface area contributed by atoms with Crippen molar-refractivity contribution in [2.45, 2.75) is 25.1 Å². The molecule has 0 spiro atoms. The first kappa shape index (κ1) is 16.0. The summed E-state index contributed by atoms with van der Waals surface area (Å²) in [5.41, 5.74) is -0.229. The molecule has 1 atom stereocenters. The minimum atomic E-state index is -4.44. The molecule has 0 unspecified atom stereocenters. The Morgan fingerprint density at radius 1 is 1.38 bits per heavy atom. The maximum atomic E-state index is 12.7. The monoisotopic (exact) mass is 338 g/mol. The van der Waals surface area contributed by atoms with Gasteiger partial charge in [0.15, 0.2) is 0 Å². The average Bonchev–Trinajstić information content (AvgIpc) is 3.16. The summed E-state index contributed by atoms with van der Waals surface area (Å²) in [6.45, 7) is 0. The summed E-state index contributed by atoms with van der Waals surface area (Å²) >= 11 is 0. The third-order valence-corrected chi connectivity index (χ3v) is 3.60. The van der Waals surface area contributed by atoms with Gasteiger partial charge in [0.1, 0.15) is 6.04 Å². The van der Waals surface area contributed by atoms with E-state index in [0.29, 0.717) is 18.5 Å². The van der Waals surface area contributed by atoms with Crippen molar-refractivity contribution in [3.63, 3.8) is 0 Å². The molecule has 1 aliphatic rings. The number of anilines is 1. The van der Waals surface area contributed by atoms with Gasteiger partial charge in [0.05, 0.1) is 29.3 Å². The predicted molar refractivity (Wildman–Crippen MR) is 78.4 cm³/mol. The molecule has 2 aromatic rings. The molecule has 1 aromatic heterocycles. The summed E-state index contributed by atoms with van der Waals surface area (Å²) in [7, 11) is 0. The number of carbonyl (C=O) groups is 2. The van der Waals surface area contributed by atoms with Crippen molar-refractivity contribution in [2.24, 2.45) is 0 Å². The topological polar surface area (TPSA) is 76.0 Å². The van der Waals surface area contributed by atoms with Gasteiger partial charge in [-0.1, -0.05) is 6.07 Å². The third-order valence-electron chi connectivity index (χ3n) is 3.60. The lowest BCUT2D eigenvalue weighted by Crippen LogP contribution is -2.37. The minimum absolute atomic E-state index is 0.185. The Bertz CT molecular complexity index is 785. The predicted octanol–water partition coefficient (Wildman–Crippen LogP) is 2.11. The Labute approximate surface area is 134 Å². The second kappa shape index (κ2) is 5.99. The number of hydrogen-bond donors (Lipinski definition) is 2. The molecule has 0 saturated carbocycles. The van der Waals surface area contributed by atoms with Gasteiger partial charge in [0.25, 0.3) is 0 Å². The van der Waals surface area contributed by atoms with Gasteiger partial charge >= 0.3 is 6.18 Å². The Hall–Kier alpha value is -2.84. The highest BCUT2D eigenvalue weighted by Gasteiger charge is 2.30. The lowest BCUT2D eigenvalue weighted by Gasteiger charge is -2.09. The maximum Gasteiger partial charge on any atom is 0.416 e. The van der Waals surface area contributed by atoms with Crippen LogP contribution in [-0.4, -0.2) is 27.6 Å². The fourth-order valence-corrected chi connectivity index (χ4v) is 2.39.